The summed E-state index contributed by atoms with van der Waals surface area (Å²) in [5.41, 5.74) is 4.26. The second kappa shape index (κ2) is 22.2. The van der Waals surface area contributed by atoms with Gasteiger partial charge in [0.05, 0.1) is 0 Å². The molecular weight excluding hydrogens is 1000 g/mol. The number of rotatable bonds is 12. The Bertz CT molecular complexity index is 2940. The van der Waals surface area contributed by atoms with Gasteiger partial charge in [-0.2, -0.15) is 0 Å². The van der Waals surface area contributed by atoms with Crippen molar-refractivity contribution in [2.75, 3.05) is 52.4 Å². The molecule has 3 aliphatic heterocycles. The Morgan fingerprint density at radius 1 is 0.284 bits per heavy atom. The average Bonchev–Trinajstić information content (AvgIpc) is 3.40. The topological polar surface area (TPSA) is 86.8 Å². The van der Waals surface area contributed by atoms with Gasteiger partial charge in [-0.05, 0) is 116 Å². The predicted molar refractivity (Wildman–Crippen MR) is 306 cm³/mol. The van der Waals surface area contributed by atoms with E-state index in [0.717, 1.165) is 141 Å². The summed E-state index contributed by atoms with van der Waals surface area (Å²) in [5.74, 6) is 6.04. The van der Waals surface area contributed by atoms with Gasteiger partial charge in [-0.25, -0.2) is 18.7 Å². The van der Waals surface area contributed by atoms with Gasteiger partial charge in [0.2, 0.25) is 0 Å². The first-order valence-electron chi connectivity index (χ1n) is 26.1. The zero-order valence-electron chi connectivity index (χ0n) is 43.5. The first-order valence-corrected chi connectivity index (χ1v) is 30.6. The molecule has 0 unspecified atom stereocenters. The lowest BCUT2D eigenvalue weighted by atomic mass is 9.93. The fourth-order valence-corrected chi connectivity index (χ4v) is 15.5. The van der Waals surface area contributed by atoms with Crippen LogP contribution in [0.5, 0.6) is 46.0 Å². The Morgan fingerprint density at radius 2 is 0.486 bits per heavy atom. The van der Waals surface area contributed by atoms with Crippen LogP contribution in [-0.2, 0) is 12.8 Å². The molecule has 16 heteroatoms. The fraction of sp³-hybridized carbons (Fsp3) is 0.310. The molecule has 384 valence electrons. The average molecular weight is 1070 g/mol. The van der Waals surface area contributed by atoms with E-state index < -0.39 is 34.1 Å². The molecule has 0 saturated heterocycles. The number of fused-ring (bicyclic) bond motifs is 4. The van der Waals surface area contributed by atoms with Gasteiger partial charge in [-0.1, -0.05) is 104 Å². The monoisotopic (exact) mass is 1070 g/mol. The molecule has 0 atom stereocenters. The van der Waals surface area contributed by atoms with E-state index in [-0.39, 0.29) is 0 Å². The van der Waals surface area contributed by atoms with Crippen molar-refractivity contribution >= 4 is 77.2 Å². The lowest BCUT2D eigenvalue weighted by Crippen LogP contribution is -2.23. The third kappa shape index (κ3) is 9.90. The van der Waals surface area contributed by atoms with E-state index in [2.05, 4.69) is 195 Å². The molecule has 3 aliphatic rings. The minimum atomic E-state index is -1.62. The third-order valence-electron chi connectivity index (χ3n) is 14.2. The van der Waals surface area contributed by atoms with Crippen molar-refractivity contribution in [3.05, 3.63) is 144 Å². The molecule has 3 heterocycles. The van der Waals surface area contributed by atoms with Crippen LogP contribution >= 0.6 is 34.1 Å². The molecule has 0 N–H and O–H groups in total. The standard InChI is InChI=1S/C58H64N4O8P4/c1-9-59(10-2)71-63-43-25-17-39-21-29-55-51(47(39)33-43)37-53-49-35-45(27-19-41(49)23-31-57(53)69-73(67-55)61(13-5)14-6)65-72(60(11-3)12-4)66-46-28-20-42-24-32-58-54(50(42)36-46)38-52-48-34-44(64-71)26-18-40(48)22-30-56(52)68-74(70-58)62(15-7)16-8/h17-36H,9-16,37-38H2,1-8H3. The molecule has 12 bridgehead atoms. The van der Waals surface area contributed by atoms with Crippen molar-refractivity contribution < 1.29 is 36.2 Å². The second-order valence-electron chi connectivity index (χ2n) is 18.3. The lowest BCUT2D eigenvalue weighted by Gasteiger charge is -2.32. The molecule has 0 saturated carbocycles. The van der Waals surface area contributed by atoms with Crippen molar-refractivity contribution in [3.8, 4) is 46.0 Å². The summed E-state index contributed by atoms with van der Waals surface area (Å²) in [6.07, 6.45) is 1.09. The Labute approximate surface area is 440 Å². The first-order chi connectivity index (χ1) is 36.2. The van der Waals surface area contributed by atoms with Crippen molar-refractivity contribution in [3.63, 3.8) is 0 Å². The summed E-state index contributed by atoms with van der Waals surface area (Å²) in [5, 5.41) is 8.52. The van der Waals surface area contributed by atoms with Crippen LogP contribution in [-0.4, -0.2) is 71.0 Å². The Hall–Kier alpha value is -5.24. The fourth-order valence-electron chi connectivity index (χ4n) is 10.1. The van der Waals surface area contributed by atoms with Crippen LogP contribution in [0.1, 0.15) is 77.6 Å². The second-order valence-corrected chi connectivity index (χ2v) is 23.9. The molecule has 0 spiro atoms. The van der Waals surface area contributed by atoms with E-state index in [1.54, 1.807) is 0 Å². The molecule has 0 amide bonds. The Kier molecular flexibility index (Phi) is 15.2. The molecule has 8 aromatic rings. The highest BCUT2D eigenvalue weighted by molar-refractivity contribution is 7.46. The van der Waals surface area contributed by atoms with Gasteiger partial charge in [0.1, 0.15) is 46.0 Å². The van der Waals surface area contributed by atoms with E-state index in [9.17, 15) is 0 Å². The van der Waals surface area contributed by atoms with Crippen LogP contribution in [0, 0.1) is 0 Å². The van der Waals surface area contributed by atoms with Crippen molar-refractivity contribution in [1.29, 1.82) is 0 Å². The largest absolute Gasteiger partial charge is 0.427 e. The third-order valence-corrected chi connectivity index (χ3v) is 21.2. The molecule has 8 aromatic carbocycles. The van der Waals surface area contributed by atoms with Crippen LogP contribution in [0.2, 0.25) is 0 Å². The smallest absolute Gasteiger partial charge is 0.384 e. The highest BCUT2D eigenvalue weighted by Crippen LogP contribution is 2.55. The summed E-state index contributed by atoms with van der Waals surface area (Å²) in [4.78, 5) is 0. The maximum Gasteiger partial charge on any atom is 0.384 e. The van der Waals surface area contributed by atoms with Crippen molar-refractivity contribution in [2.45, 2.75) is 68.2 Å². The van der Waals surface area contributed by atoms with E-state index >= 15 is 0 Å². The molecule has 0 aromatic heterocycles. The molecule has 0 aliphatic carbocycles. The van der Waals surface area contributed by atoms with Gasteiger partial charge in [0.15, 0.2) is 0 Å². The van der Waals surface area contributed by atoms with Gasteiger partial charge in [-0.3, -0.25) is 0 Å². The summed E-state index contributed by atoms with van der Waals surface area (Å²) >= 11 is 0. The van der Waals surface area contributed by atoms with Crippen LogP contribution in [0.4, 0.5) is 0 Å². The predicted octanol–water partition coefficient (Wildman–Crippen LogP) is 16.5. The van der Waals surface area contributed by atoms with Gasteiger partial charge in [0.25, 0.3) is 0 Å². The summed E-state index contributed by atoms with van der Waals surface area (Å²) in [6, 6.07) is 42.4. The maximum absolute atomic E-state index is 7.09. The number of benzene rings is 8. The van der Waals surface area contributed by atoms with Crippen LogP contribution in [0.3, 0.4) is 0 Å². The van der Waals surface area contributed by atoms with Crippen molar-refractivity contribution in [2.24, 2.45) is 0 Å². The van der Waals surface area contributed by atoms with Crippen LogP contribution in [0.25, 0.3) is 43.1 Å². The Balaban J connectivity index is 1.14. The maximum atomic E-state index is 7.09. The summed E-state index contributed by atoms with van der Waals surface area (Å²) < 4.78 is 65.3. The molecule has 11 rings (SSSR count). The number of hydrogen-bond acceptors (Lipinski definition) is 12. The highest BCUT2D eigenvalue weighted by Gasteiger charge is 2.33. The normalized spacial score (nSPS) is 18.3. The molecule has 0 fully saturated rings. The number of nitrogens with zero attached hydrogens (tertiary/aromatic N) is 4. The summed E-state index contributed by atoms with van der Waals surface area (Å²) in [6.45, 7) is 23.2. The number of hydrogen-bond donors (Lipinski definition) is 0. The van der Waals surface area contributed by atoms with Gasteiger partial charge < -0.3 is 36.2 Å². The molecule has 12 nitrogen and oxygen atoms in total. The van der Waals surface area contributed by atoms with Crippen LogP contribution in [0.15, 0.2) is 121 Å². The highest BCUT2D eigenvalue weighted by atomic mass is 31.2. The van der Waals surface area contributed by atoms with E-state index in [0.29, 0.717) is 35.8 Å². The van der Waals surface area contributed by atoms with Gasteiger partial charge in [0, 0.05) is 87.5 Å². The first kappa shape index (κ1) is 50.9. The lowest BCUT2D eigenvalue weighted by molar-refractivity contribution is 0.367. The van der Waals surface area contributed by atoms with Crippen molar-refractivity contribution in [1.82, 2.24) is 18.7 Å². The molecular formula is C58H64N4O8P4. The quantitative estimate of drug-likeness (QED) is 0.109. The van der Waals surface area contributed by atoms with E-state index in [1.165, 1.54) is 0 Å². The van der Waals surface area contributed by atoms with Gasteiger partial charge >= 0.3 is 34.1 Å². The minimum absolute atomic E-state index is 0.545. The summed E-state index contributed by atoms with van der Waals surface area (Å²) in [7, 11) is -6.27. The SMILES string of the molecule is CCN(CC)P1Oc2ccc3ccc4c(c3c2)Cc2c(ccc3ccc(cc23)OP(N(CC)CC)Oc2ccc3ccc5c(c3c2)Cc2c(ccc3ccc(cc23)O1)OP(N(CC)CC)O5)OP(N(CC)CC)O4. The Morgan fingerprint density at radius 3 is 0.703 bits per heavy atom. The minimum Gasteiger partial charge on any atom is -0.427 e. The zero-order chi connectivity index (χ0) is 51.0. The zero-order valence-corrected chi connectivity index (χ0v) is 47.0. The van der Waals surface area contributed by atoms with Gasteiger partial charge in [-0.15, -0.1) is 0 Å². The van der Waals surface area contributed by atoms with E-state index in [4.69, 9.17) is 36.2 Å². The van der Waals surface area contributed by atoms with E-state index in [1.807, 2.05) is 0 Å². The molecule has 74 heavy (non-hydrogen) atoms. The molecule has 0 radical (unpaired) electrons. The van der Waals surface area contributed by atoms with Crippen LogP contribution < -0.4 is 36.2 Å².